The number of methoxy groups -OCH3 is 1. The third-order valence-electron chi connectivity index (χ3n) is 3.53. The molecule has 2 atom stereocenters. The molecule has 164 valence electrons. The second kappa shape index (κ2) is 10.7. The molecule has 1 aliphatic heterocycles. The maximum Gasteiger partial charge on any atom is 1.00 e. The Hall–Kier alpha value is -1.82. The van der Waals surface area contributed by atoms with Crippen molar-refractivity contribution in [2.24, 2.45) is 5.16 Å². The first-order valence-corrected chi connectivity index (χ1v) is 10.2. The van der Waals surface area contributed by atoms with Gasteiger partial charge in [-0.1, -0.05) is 28.1 Å². The van der Waals surface area contributed by atoms with Gasteiger partial charge >= 0.3 is 35.5 Å². The van der Waals surface area contributed by atoms with Gasteiger partial charge in [0.25, 0.3) is 11.8 Å². The van der Waals surface area contributed by atoms with Crippen LogP contribution in [0.5, 0.6) is 0 Å². The summed E-state index contributed by atoms with van der Waals surface area (Å²) in [6.45, 7) is 1.19. The van der Waals surface area contributed by atoms with Crippen LogP contribution in [0, 0.1) is 0 Å². The number of nitrogens with zero attached hydrogens (tertiary/aromatic N) is 3. The van der Waals surface area contributed by atoms with Crippen LogP contribution in [0.3, 0.4) is 0 Å². The molecule has 0 saturated carbocycles. The third-order valence-corrected chi connectivity index (χ3v) is 5.50. The molecule has 2 unspecified atom stereocenters. The number of anilines is 1. The molecule has 14 nitrogen and oxygen atoms in total. The average molecular weight is 506 g/mol. The van der Waals surface area contributed by atoms with E-state index in [1.54, 1.807) is 0 Å². The molecule has 0 spiro atoms. The van der Waals surface area contributed by atoms with Gasteiger partial charge < -0.3 is 24.8 Å². The molecule has 3 amide bonds. The van der Waals surface area contributed by atoms with Crippen molar-refractivity contribution in [1.82, 2.24) is 14.6 Å². The molecule has 1 fully saturated rings. The van der Waals surface area contributed by atoms with Crippen molar-refractivity contribution in [3.05, 3.63) is 10.2 Å². The fourth-order valence-corrected chi connectivity index (χ4v) is 4.27. The Balaban J connectivity index is 0.00000480. The van der Waals surface area contributed by atoms with Gasteiger partial charge in [0, 0.05) is 6.92 Å². The van der Waals surface area contributed by atoms with Crippen LogP contribution >= 0.6 is 22.9 Å². The summed E-state index contributed by atoms with van der Waals surface area (Å²) >= 11 is 6.63. The molecular formula is C13H13ClN5NaO9S2. The number of esters is 1. The topological polar surface area (TPSA) is 196 Å². The van der Waals surface area contributed by atoms with Crippen molar-refractivity contribution < 1.29 is 71.3 Å². The van der Waals surface area contributed by atoms with E-state index in [1.807, 2.05) is 0 Å². The second-order valence-electron chi connectivity index (χ2n) is 5.46. The van der Waals surface area contributed by atoms with Crippen molar-refractivity contribution in [3.63, 3.8) is 0 Å². The SMILES string of the molecule is CON=C(C(=O)NC1C(=O)N(S(=O)(=O)[O-])C1C(=O)OC)c1nc(Cl)sc1NC(C)=O.[Na+]. The monoisotopic (exact) mass is 505 g/mol. The number of nitrogens with one attached hydrogen (secondary N) is 2. The average Bonchev–Trinajstić information content (AvgIpc) is 2.98. The predicted molar refractivity (Wildman–Crippen MR) is 99.3 cm³/mol. The second-order valence-corrected chi connectivity index (χ2v) is 8.29. The fraction of sp³-hybridized carbons (Fsp3) is 0.385. The van der Waals surface area contributed by atoms with E-state index in [0.717, 1.165) is 25.6 Å². The van der Waals surface area contributed by atoms with E-state index >= 15 is 0 Å². The van der Waals surface area contributed by atoms with Gasteiger partial charge in [0.1, 0.15) is 23.8 Å². The number of thiazole rings is 1. The van der Waals surface area contributed by atoms with Crippen LogP contribution < -0.4 is 40.2 Å². The number of halogens is 1. The Morgan fingerprint density at radius 1 is 1.32 bits per heavy atom. The summed E-state index contributed by atoms with van der Waals surface area (Å²) in [5.74, 6) is -4.25. The van der Waals surface area contributed by atoms with Crippen LogP contribution in [-0.4, -0.2) is 78.0 Å². The molecule has 0 aliphatic carbocycles. The summed E-state index contributed by atoms with van der Waals surface area (Å²) in [5, 5.41) is 7.98. The number of hydrogen-bond donors (Lipinski definition) is 2. The molecule has 2 rings (SSSR count). The number of amides is 3. The molecule has 2 heterocycles. The van der Waals surface area contributed by atoms with Gasteiger partial charge in [-0.2, -0.15) is 0 Å². The first-order chi connectivity index (χ1) is 13.9. The van der Waals surface area contributed by atoms with Gasteiger partial charge in [-0.15, -0.1) is 0 Å². The van der Waals surface area contributed by atoms with Crippen LogP contribution in [0.15, 0.2) is 5.16 Å². The van der Waals surface area contributed by atoms with Crippen LogP contribution in [0.1, 0.15) is 12.6 Å². The van der Waals surface area contributed by atoms with Gasteiger partial charge in [-0.3, -0.25) is 14.4 Å². The molecule has 1 aromatic heterocycles. The zero-order chi connectivity index (χ0) is 22.8. The Bertz CT molecular complexity index is 1040. The Kier molecular flexibility index (Phi) is 9.36. The molecule has 2 N–H and O–H groups in total. The van der Waals surface area contributed by atoms with Gasteiger partial charge in [0.2, 0.25) is 5.91 Å². The van der Waals surface area contributed by atoms with Gasteiger partial charge in [0.15, 0.2) is 26.5 Å². The zero-order valence-electron chi connectivity index (χ0n) is 16.4. The number of aromatic nitrogens is 1. The van der Waals surface area contributed by atoms with Gasteiger partial charge in [-0.25, -0.2) is 22.5 Å². The van der Waals surface area contributed by atoms with E-state index in [4.69, 9.17) is 11.6 Å². The normalized spacial score (nSPS) is 18.4. The number of carbonyl (C=O) groups is 4. The first kappa shape index (κ1) is 27.2. The maximum atomic E-state index is 12.7. The van der Waals surface area contributed by atoms with Crippen LogP contribution in [-0.2, 0) is 39.1 Å². The van der Waals surface area contributed by atoms with Crippen LogP contribution in [0.2, 0.25) is 4.47 Å². The summed E-state index contributed by atoms with van der Waals surface area (Å²) in [4.78, 5) is 56.4. The molecule has 0 aromatic carbocycles. The molecule has 1 aromatic rings. The number of rotatable bonds is 7. The quantitative estimate of drug-likeness (QED) is 0.0908. The Morgan fingerprint density at radius 2 is 1.94 bits per heavy atom. The largest absolute Gasteiger partial charge is 1.00 e. The molecule has 31 heavy (non-hydrogen) atoms. The van der Waals surface area contributed by atoms with Crippen molar-refractivity contribution >= 4 is 67.6 Å². The van der Waals surface area contributed by atoms with Crippen LogP contribution in [0.4, 0.5) is 5.00 Å². The maximum absolute atomic E-state index is 12.7. The summed E-state index contributed by atoms with van der Waals surface area (Å²) in [5.41, 5.74) is -0.765. The van der Waals surface area contributed by atoms with E-state index in [9.17, 15) is 32.1 Å². The minimum absolute atomic E-state index is 0. The minimum Gasteiger partial charge on any atom is -0.731 e. The molecular weight excluding hydrogens is 493 g/mol. The number of β-lactam (4-membered cyclic amide) rings is 1. The number of oxime groups is 1. The molecule has 1 saturated heterocycles. The minimum atomic E-state index is -5.34. The summed E-state index contributed by atoms with van der Waals surface area (Å²) < 4.78 is 37.7. The Labute approximate surface area is 206 Å². The van der Waals surface area contributed by atoms with Crippen LogP contribution in [0.25, 0.3) is 0 Å². The predicted octanol–water partition coefficient (Wildman–Crippen LogP) is -4.56. The molecule has 1 aliphatic rings. The van der Waals surface area contributed by atoms with E-state index in [2.05, 4.69) is 30.3 Å². The third kappa shape index (κ3) is 5.91. The summed E-state index contributed by atoms with van der Waals surface area (Å²) in [6, 6.07) is -3.65. The fourth-order valence-electron chi connectivity index (χ4n) is 2.40. The van der Waals surface area contributed by atoms with E-state index in [0.29, 0.717) is 0 Å². The first-order valence-electron chi connectivity index (χ1n) is 7.65. The zero-order valence-corrected chi connectivity index (χ0v) is 20.8. The van der Waals surface area contributed by atoms with E-state index in [-0.39, 0.29) is 49.0 Å². The summed E-state index contributed by atoms with van der Waals surface area (Å²) in [7, 11) is -3.35. The van der Waals surface area contributed by atoms with Crippen molar-refractivity contribution in [3.8, 4) is 0 Å². The van der Waals surface area contributed by atoms with Crippen molar-refractivity contribution in [2.75, 3.05) is 19.5 Å². The molecule has 0 bridgehead atoms. The number of carbonyl (C=O) groups excluding carboxylic acids is 4. The standard InChI is InChI=1S/C13H14ClN5O9S2.Na/c1-4(20)15-10-6(17-13(14)29-10)5(18-28-3)9(21)16-7-8(12(23)27-2)19(11(7)22)30(24,25)26;/h7-8H,1-3H3,(H,15,20)(H,16,21)(H,24,25,26);/q;+1/p-1. The van der Waals surface area contributed by atoms with E-state index < -0.39 is 51.8 Å². The van der Waals surface area contributed by atoms with E-state index in [1.165, 1.54) is 6.92 Å². The van der Waals surface area contributed by atoms with Crippen molar-refractivity contribution in [2.45, 2.75) is 19.0 Å². The van der Waals surface area contributed by atoms with Crippen molar-refractivity contribution in [1.29, 1.82) is 0 Å². The number of ether oxygens (including phenoxy) is 1. The number of hydrogen-bond acceptors (Lipinski definition) is 12. The molecule has 18 heteroatoms. The van der Waals surface area contributed by atoms with Gasteiger partial charge in [0.05, 0.1) is 7.11 Å². The molecule has 0 radical (unpaired) electrons. The Morgan fingerprint density at radius 3 is 2.42 bits per heavy atom. The van der Waals surface area contributed by atoms with Gasteiger partial charge in [-0.05, 0) is 0 Å². The smallest absolute Gasteiger partial charge is 0.731 e. The summed E-state index contributed by atoms with van der Waals surface area (Å²) in [6.07, 6.45) is 0.